The van der Waals surface area contributed by atoms with Gasteiger partial charge in [-0.2, -0.15) is 23.5 Å². The Hall–Kier alpha value is -0.710. The Morgan fingerprint density at radius 2 is 2.14 bits per heavy atom. The van der Waals surface area contributed by atoms with E-state index in [1.807, 2.05) is 12.3 Å². The lowest BCUT2D eigenvalue weighted by Gasteiger charge is -2.35. The lowest BCUT2D eigenvalue weighted by Crippen LogP contribution is -2.37. The minimum Gasteiger partial charge on any atom is -0.309 e. The maximum absolute atomic E-state index is 4.51. The molecule has 112 valence electrons. The van der Waals surface area contributed by atoms with E-state index in [-0.39, 0.29) is 0 Å². The summed E-state index contributed by atoms with van der Waals surface area (Å²) < 4.78 is 0. The zero-order valence-electron chi connectivity index (χ0n) is 12.6. The Kier molecular flexibility index (Phi) is 5.09. The van der Waals surface area contributed by atoms with Gasteiger partial charge in [0.05, 0.1) is 5.52 Å². The summed E-state index contributed by atoms with van der Waals surface area (Å²) in [4.78, 5) is 4.51. The molecule has 0 amide bonds. The predicted octanol–water partition coefficient (Wildman–Crippen LogP) is 4.12. The third-order valence-corrected chi connectivity index (χ3v) is 7.17. The van der Waals surface area contributed by atoms with Crippen LogP contribution in [0.4, 0.5) is 0 Å². The Morgan fingerprint density at radius 3 is 2.95 bits per heavy atom. The van der Waals surface area contributed by atoms with Gasteiger partial charge in [0.15, 0.2) is 0 Å². The molecular weight excluding hydrogens is 296 g/mol. The smallest absolute Gasteiger partial charge is 0.0705 e. The van der Waals surface area contributed by atoms with Crippen LogP contribution in [-0.2, 0) is 0 Å². The van der Waals surface area contributed by atoms with E-state index in [1.165, 1.54) is 22.5 Å². The first-order valence-electron chi connectivity index (χ1n) is 7.61. The van der Waals surface area contributed by atoms with E-state index in [0.717, 1.165) is 12.1 Å². The summed E-state index contributed by atoms with van der Waals surface area (Å²) in [5.41, 5.74) is 2.47. The van der Waals surface area contributed by atoms with Crippen LogP contribution in [-0.4, -0.2) is 33.5 Å². The number of hydrogen-bond donors (Lipinski definition) is 1. The number of nitrogens with one attached hydrogen (secondary N) is 1. The van der Waals surface area contributed by atoms with Crippen molar-refractivity contribution in [1.29, 1.82) is 0 Å². The molecule has 1 aromatic heterocycles. The highest BCUT2D eigenvalue weighted by molar-refractivity contribution is 8.07. The van der Waals surface area contributed by atoms with Crippen molar-refractivity contribution >= 4 is 34.4 Å². The van der Waals surface area contributed by atoms with Gasteiger partial charge in [0.2, 0.25) is 0 Å². The van der Waals surface area contributed by atoms with Gasteiger partial charge >= 0.3 is 0 Å². The minimum absolute atomic E-state index is 0.411. The maximum atomic E-state index is 4.51. The van der Waals surface area contributed by atoms with Gasteiger partial charge in [0, 0.05) is 39.6 Å². The number of thioether (sulfide) groups is 2. The molecular formula is C17H22N2S2. The normalized spacial score (nSPS) is 24.1. The molecule has 1 saturated heterocycles. The third kappa shape index (κ3) is 3.38. The Morgan fingerprint density at radius 1 is 1.29 bits per heavy atom. The predicted molar refractivity (Wildman–Crippen MR) is 96.3 cm³/mol. The molecule has 0 radical (unpaired) electrons. The van der Waals surface area contributed by atoms with Crippen LogP contribution in [0.5, 0.6) is 0 Å². The highest BCUT2D eigenvalue weighted by Gasteiger charge is 2.31. The molecule has 1 fully saturated rings. The Balaban J connectivity index is 1.94. The van der Waals surface area contributed by atoms with Crippen molar-refractivity contribution in [3.05, 3.63) is 42.1 Å². The zero-order valence-corrected chi connectivity index (χ0v) is 14.2. The van der Waals surface area contributed by atoms with Crippen molar-refractivity contribution < 1.29 is 0 Å². The van der Waals surface area contributed by atoms with Crippen LogP contribution in [0.15, 0.2) is 36.5 Å². The second-order valence-electron chi connectivity index (χ2n) is 5.40. The fourth-order valence-corrected chi connectivity index (χ4v) is 5.89. The van der Waals surface area contributed by atoms with E-state index in [2.05, 4.69) is 71.9 Å². The summed E-state index contributed by atoms with van der Waals surface area (Å²) in [6, 6.07) is 11.3. The van der Waals surface area contributed by atoms with Crippen LogP contribution in [0.3, 0.4) is 0 Å². The Bertz CT molecular complexity index is 602. The molecule has 1 N–H and O–H groups in total. The molecule has 2 aromatic rings. The molecule has 0 bridgehead atoms. The van der Waals surface area contributed by atoms with Gasteiger partial charge in [-0.15, -0.1) is 0 Å². The summed E-state index contributed by atoms with van der Waals surface area (Å²) in [6.45, 7) is 5.56. The molecule has 3 rings (SSSR count). The van der Waals surface area contributed by atoms with Gasteiger partial charge in [-0.3, -0.25) is 4.98 Å². The van der Waals surface area contributed by atoms with E-state index >= 15 is 0 Å². The number of pyridine rings is 1. The molecule has 1 aromatic carbocycles. The van der Waals surface area contributed by atoms with Gasteiger partial charge < -0.3 is 5.32 Å². The number of benzene rings is 1. The van der Waals surface area contributed by atoms with Crippen LogP contribution >= 0.6 is 23.5 Å². The molecule has 3 unspecified atom stereocenters. The zero-order chi connectivity index (χ0) is 14.7. The van der Waals surface area contributed by atoms with E-state index in [9.17, 15) is 0 Å². The summed E-state index contributed by atoms with van der Waals surface area (Å²) in [7, 11) is 0. The van der Waals surface area contributed by atoms with Crippen LogP contribution < -0.4 is 5.32 Å². The van der Waals surface area contributed by atoms with Gasteiger partial charge in [-0.1, -0.05) is 32.0 Å². The average Bonchev–Trinajstić information content (AvgIpc) is 2.53. The van der Waals surface area contributed by atoms with E-state index in [0.29, 0.717) is 16.5 Å². The second kappa shape index (κ2) is 7.03. The Labute approximate surface area is 135 Å². The summed E-state index contributed by atoms with van der Waals surface area (Å²) in [5.74, 6) is 2.54. The lowest BCUT2D eigenvalue weighted by atomic mass is 10.00. The monoisotopic (exact) mass is 318 g/mol. The average molecular weight is 319 g/mol. The third-order valence-electron chi connectivity index (χ3n) is 3.98. The first-order chi connectivity index (χ1) is 10.3. The van der Waals surface area contributed by atoms with E-state index in [1.54, 1.807) is 0 Å². The van der Waals surface area contributed by atoms with Crippen molar-refractivity contribution in [3.8, 4) is 0 Å². The molecule has 21 heavy (non-hydrogen) atoms. The largest absolute Gasteiger partial charge is 0.309 e. The number of rotatable bonds is 4. The highest BCUT2D eigenvalue weighted by Crippen LogP contribution is 2.39. The quantitative estimate of drug-likeness (QED) is 0.916. The van der Waals surface area contributed by atoms with Crippen LogP contribution in [0.25, 0.3) is 10.9 Å². The van der Waals surface area contributed by atoms with E-state index < -0.39 is 0 Å². The van der Waals surface area contributed by atoms with Crippen LogP contribution in [0, 0.1) is 0 Å². The van der Waals surface area contributed by atoms with Gasteiger partial charge in [0.1, 0.15) is 0 Å². The number of nitrogens with zero attached hydrogens (tertiary/aromatic N) is 1. The molecule has 0 spiro atoms. The molecule has 4 heteroatoms. The SMILES string of the molecule is CCNC(c1ccc2cccnc2c1)C1SCCSC1C. The fraction of sp³-hybridized carbons (Fsp3) is 0.471. The number of aromatic nitrogens is 1. The maximum Gasteiger partial charge on any atom is 0.0705 e. The molecule has 1 aliphatic heterocycles. The number of hydrogen-bond acceptors (Lipinski definition) is 4. The molecule has 0 saturated carbocycles. The molecule has 2 nitrogen and oxygen atoms in total. The molecule has 2 heterocycles. The number of fused-ring (bicyclic) bond motifs is 1. The lowest BCUT2D eigenvalue weighted by molar-refractivity contribution is 0.526. The summed E-state index contributed by atoms with van der Waals surface area (Å²) in [5, 5.41) is 6.24. The van der Waals surface area contributed by atoms with Crippen LogP contribution in [0.2, 0.25) is 0 Å². The minimum atomic E-state index is 0.411. The molecule has 1 aliphatic rings. The van der Waals surface area contributed by atoms with Crippen molar-refractivity contribution in [2.75, 3.05) is 18.1 Å². The first kappa shape index (κ1) is 15.2. The summed E-state index contributed by atoms with van der Waals surface area (Å²) >= 11 is 4.22. The standard InChI is InChI=1S/C17H22N2S2/c1-3-18-16(17-12(2)20-9-10-21-17)14-7-6-13-5-4-8-19-15(13)11-14/h4-8,11-12,16-18H,3,9-10H2,1-2H3. The van der Waals surface area contributed by atoms with E-state index in [4.69, 9.17) is 0 Å². The highest BCUT2D eigenvalue weighted by atomic mass is 32.2. The van der Waals surface area contributed by atoms with Gasteiger partial charge in [-0.05, 0) is 24.2 Å². The van der Waals surface area contributed by atoms with Crippen LogP contribution in [0.1, 0.15) is 25.5 Å². The molecule has 0 aliphatic carbocycles. The van der Waals surface area contributed by atoms with Gasteiger partial charge in [-0.25, -0.2) is 0 Å². The molecule has 3 atom stereocenters. The van der Waals surface area contributed by atoms with Crippen molar-refractivity contribution in [1.82, 2.24) is 10.3 Å². The van der Waals surface area contributed by atoms with Crippen molar-refractivity contribution in [2.45, 2.75) is 30.4 Å². The van der Waals surface area contributed by atoms with Gasteiger partial charge in [0.25, 0.3) is 0 Å². The topological polar surface area (TPSA) is 24.9 Å². The van der Waals surface area contributed by atoms with Crippen molar-refractivity contribution in [3.63, 3.8) is 0 Å². The second-order valence-corrected chi connectivity index (χ2v) is 8.17. The first-order valence-corrected chi connectivity index (χ1v) is 9.70. The summed E-state index contributed by atoms with van der Waals surface area (Å²) in [6.07, 6.45) is 1.88. The van der Waals surface area contributed by atoms with Crippen molar-refractivity contribution in [2.24, 2.45) is 0 Å². The fourth-order valence-electron chi connectivity index (χ4n) is 2.94.